The van der Waals surface area contributed by atoms with Gasteiger partial charge in [0.25, 0.3) is 0 Å². The van der Waals surface area contributed by atoms with Crippen molar-refractivity contribution >= 4 is 17.3 Å². The number of hydrogen-bond donors (Lipinski definition) is 2. The maximum absolute atomic E-state index is 12.6. The molecule has 9 heteroatoms. The molecule has 0 fully saturated rings. The van der Waals surface area contributed by atoms with Crippen molar-refractivity contribution in [3.8, 4) is 0 Å². The van der Waals surface area contributed by atoms with Gasteiger partial charge in [0.05, 0.1) is 5.01 Å². The van der Waals surface area contributed by atoms with Crippen LogP contribution in [-0.2, 0) is 12.6 Å². The molecule has 1 aromatic rings. The summed E-state index contributed by atoms with van der Waals surface area (Å²) in [5.41, 5.74) is -0.790. The Kier molecular flexibility index (Phi) is 8.14. The molecule has 0 bridgehead atoms. The summed E-state index contributed by atoms with van der Waals surface area (Å²) in [6.45, 7) is 9.02. The number of nitrogens with one attached hydrogen (secondary N) is 2. The van der Waals surface area contributed by atoms with E-state index < -0.39 is 11.9 Å². The lowest BCUT2D eigenvalue weighted by atomic mass is 9.93. The molecule has 1 rings (SSSR count). The lowest BCUT2D eigenvalue weighted by molar-refractivity contribution is -0.140. The predicted octanol–water partition coefficient (Wildman–Crippen LogP) is 2.85. The van der Waals surface area contributed by atoms with Gasteiger partial charge < -0.3 is 15.5 Å². The van der Waals surface area contributed by atoms with Crippen molar-refractivity contribution in [3.63, 3.8) is 0 Å². The fraction of sp³-hybridized carbons (Fsp3) is 0.750. The first-order chi connectivity index (χ1) is 11.5. The number of hydrogen-bond acceptors (Lipinski definition) is 4. The Balaban J connectivity index is 2.55. The molecule has 0 unspecified atom stereocenters. The second-order valence-corrected chi connectivity index (χ2v) is 7.84. The molecule has 0 aromatic carbocycles. The highest BCUT2D eigenvalue weighted by Crippen LogP contribution is 2.30. The molecule has 2 N–H and O–H groups in total. The van der Waals surface area contributed by atoms with Crippen LogP contribution in [0.4, 0.5) is 13.2 Å². The average Bonchev–Trinajstić information content (AvgIpc) is 2.92. The van der Waals surface area contributed by atoms with Crippen molar-refractivity contribution in [3.05, 3.63) is 16.1 Å². The molecular weight excluding hydrogens is 351 g/mol. The molecule has 0 amide bonds. The van der Waals surface area contributed by atoms with Crippen molar-refractivity contribution in [1.82, 2.24) is 20.5 Å². The molecule has 0 aliphatic rings. The van der Waals surface area contributed by atoms with Crippen LogP contribution in [0.15, 0.2) is 10.4 Å². The summed E-state index contributed by atoms with van der Waals surface area (Å²) in [6, 6.07) is 0. The van der Waals surface area contributed by atoms with Gasteiger partial charge in [0.15, 0.2) is 11.7 Å². The van der Waals surface area contributed by atoms with Gasteiger partial charge in [-0.1, -0.05) is 13.8 Å². The maximum Gasteiger partial charge on any atom is 0.434 e. The second-order valence-electron chi connectivity index (χ2n) is 6.90. The van der Waals surface area contributed by atoms with Crippen molar-refractivity contribution in [1.29, 1.82) is 0 Å². The van der Waals surface area contributed by atoms with E-state index in [9.17, 15) is 13.2 Å². The first kappa shape index (κ1) is 21.7. The number of guanidine groups is 1. The summed E-state index contributed by atoms with van der Waals surface area (Å²) in [7, 11) is 4.05. The molecule has 0 saturated heterocycles. The van der Waals surface area contributed by atoms with Crippen LogP contribution in [0.5, 0.6) is 0 Å². The van der Waals surface area contributed by atoms with Crippen LogP contribution in [0.25, 0.3) is 0 Å². The summed E-state index contributed by atoms with van der Waals surface area (Å²) in [5, 5.41) is 7.82. The predicted molar refractivity (Wildman–Crippen MR) is 97.1 cm³/mol. The van der Waals surface area contributed by atoms with Crippen LogP contribution >= 0.6 is 11.3 Å². The smallest absolute Gasteiger partial charge is 0.357 e. The summed E-state index contributed by atoms with van der Waals surface area (Å²) in [5.74, 6) is 0.668. The fourth-order valence-electron chi connectivity index (χ4n) is 2.38. The van der Waals surface area contributed by atoms with E-state index in [1.54, 1.807) is 0 Å². The molecule has 0 spiro atoms. The Morgan fingerprint density at radius 3 is 2.48 bits per heavy atom. The van der Waals surface area contributed by atoms with Crippen molar-refractivity contribution in [2.75, 3.05) is 40.3 Å². The van der Waals surface area contributed by atoms with Gasteiger partial charge >= 0.3 is 6.18 Å². The topological polar surface area (TPSA) is 52.6 Å². The highest BCUT2D eigenvalue weighted by atomic mass is 32.1. The zero-order valence-electron chi connectivity index (χ0n) is 15.5. The van der Waals surface area contributed by atoms with Crippen LogP contribution in [0.1, 0.15) is 31.5 Å². The second kappa shape index (κ2) is 9.38. The summed E-state index contributed by atoms with van der Waals surface area (Å²) in [6.07, 6.45) is -3.96. The van der Waals surface area contributed by atoms with Gasteiger partial charge in [0.2, 0.25) is 0 Å². The van der Waals surface area contributed by atoms with Crippen LogP contribution in [0.3, 0.4) is 0 Å². The van der Waals surface area contributed by atoms with E-state index in [4.69, 9.17) is 0 Å². The number of aliphatic imine (C=N–C) groups is 1. The lowest BCUT2D eigenvalue weighted by Gasteiger charge is -2.26. The third-order valence-corrected chi connectivity index (χ3v) is 4.14. The summed E-state index contributed by atoms with van der Waals surface area (Å²) >= 11 is 1.03. The van der Waals surface area contributed by atoms with E-state index in [0.717, 1.165) is 29.8 Å². The van der Waals surface area contributed by atoms with Crippen LogP contribution in [-0.4, -0.2) is 56.1 Å². The van der Waals surface area contributed by atoms with Gasteiger partial charge in [-0.2, -0.15) is 13.2 Å². The van der Waals surface area contributed by atoms with Crippen molar-refractivity contribution in [2.45, 2.75) is 33.4 Å². The van der Waals surface area contributed by atoms with Crippen LogP contribution < -0.4 is 10.6 Å². The molecule has 0 radical (unpaired) electrons. The number of nitrogens with zero attached hydrogens (tertiary/aromatic N) is 3. The maximum atomic E-state index is 12.6. The Hall–Kier alpha value is -1.35. The molecule has 25 heavy (non-hydrogen) atoms. The molecule has 0 aliphatic heterocycles. The molecule has 144 valence electrons. The van der Waals surface area contributed by atoms with E-state index in [1.807, 2.05) is 21.0 Å². The van der Waals surface area contributed by atoms with Gasteiger partial charge in [-0.15, -0.1) is 11.3 Å². The highest BCUT2D eigenvalue weighted by Gasteiger charge is 2.33. The van der Waals surface area contributed by atoms with Crippen molar-refractivity contribution in [2.24, 2.45) is 10.4 Å². The quantitative estimate of drug-likeness (QED) is 0.539. The highest BCUT2D eigenvalue weighted by molar-refractivity contribution is 7.09. The number of thiazole rings is 1. The van der Waals surface area contributed by atoms with E-state index in [0.29, 0.717) is 30.5 Å². The fourth-order valence-corrected chi connectivity index (χ4v) is 3.19. The molecule has 0 atom stereocenters. The Bertz CT molecular complexity index is 552. The Morgan fingerprint density at radius 1 is 1.28 bits per heavy atom. The summed E-state index contributed by atoms with van der Waals surface area (Å²) in [4.78, 5) is 10.3. The molecule has 0 aliphatic carbocycles. The van der Waals surface area contributed by atoms with Gasteiger partial charge in [-0.05, 0) is 26.4 Å². The van der Waals surface area contributed by atoms with E-state index in [1.165, 1.54) is 0 Å². The van der Waals surface area contributed by atoms with Crippen molar-refractivity contribution < 1.29 is 13.2 Å². The number of aromatic nitrogens is 1. The largest absolute Gasteiger partial charge is 0.434 e. The summed E-state index contributed by atoms with van der Waals surface area (Å²) < 4.78 is 37.7. The SMILES string of the molecule is CCNC(=NCC(C)(C)CN(C)C)NCCc1nc(C(F)(F)F)cs1. The standard InChI is InChI=1S/C16H28F3N5S/c1-6-20-14(22-10-15(2,3)11-24(4)5)21-8-7-13-23-12(9-25-13)16(17,18)19/h9H,6-8,10-11H2,1-5H3,(H2,20,21,22). The number of halogens is 3. The minimum atomic E-state index is -4.38. The van der Waals surface area contributed by atoms with E-state index in [-0.39, 0.29) is 5.41 Å². The number of rotatable bonds is 8. The minimum Gasteiger partial charge on any atom is -0.357 e. The molecule has 0 saturated carbocycles. The zero-order valence-corrected chi connectivity index (χ0v) is 16.3. The monoisotopic (exact) mass is 379 g/mol. The molecule has 5 nitrogen and oxygen atoms in total. The van der Waals surface area contributed by atoms with E-state index >= 15 is 0 Å². The van der Waals surface area contributed by atoms with Gasteiger partial charge in [0, 0.05) is 38.0 Å². The molecule has 1 heterocycles. The Labute approximate surface area is 151 Å². The van der Waals surface area contributed by atoms with Gasteiger partial charge in [-0.25, -0.2) is 4.98 Å². The zero-order chi connectivity index (χ0) is 19.1. The first-order valence-corrected chi connectivity index (χ1v) is 9.10. The average molecular weight is 379 g/mol. The third-order valence-electron chi connectivity index (χ3n) is 3.23. The number of alkyl halides is 3. The normalized spacial score (nSPS) is 13.4. The van der Waals surface area contributed by atoms with Gasteiger partial charge in [0.1, 0.15) is 0 Å². The van der Waals surface area contributed by atoms with Crippen LogP contribution in [0, 0.1) is 5.41 Å². The van der Waals surface area contributed by atoms with Crippen LogP contribution in [0.2, 0.25) is 0 Å². The van der Waals surface area contributed by atoms with Gasteiger partial charge in [-0.3, -0.25) is 4.99 Å². The third kappa shape index (κ3) is 8.53. The molecular formula is C16H28F3N5S. The lowest BCUT2D eigenvalue weighted by Crippen LogP contribution is -2.40. The molecule has 1 aromatic heterocycles. The first-order valence-electron chi connectivity index (χ1n) is 8.22. The Morgan fingerprint density at radius 2 is 1.96 bits per heavy atom. The van der Waals surface area contributed by atoms with E-state index in [2.05, 4.69) is 39.4 Å². The minimum absolute atomic E-state index is 0.0305.